The Kier molecular flexibility index (Phi) is 4.55. The third-order valence-electron chi connectivity index (χ3n) is 3.68. The molecule has 0 spiro atoms. The molecule has 0 radical (unpaired) electrons. The van der Waals surface area contributed by atoms with Gasteiger partial charge in [-0.05, 0) is 59.6 Å². The van der Waals surface area contributed by atoms with Crippen molar-refractivity contribution in [2.45, 2.75) is 24.3 Å². The average molecular weight is 443 g/mol. The van der Waals surface area contributed by atoms with Crippen LogP contribution in [0, 0.1) is 0 Å². The van der Waals surface area contributed by atoms with Gasteiger partial charge in [-0.1, -0.05) is 23.5 Å². The molecular weight excluding hydrogens is 428 g/mol. The summed E-state index contributed by atoms with van der Waals surface area (Å²) in [6.45, 7) is 3.54. The number of rotatable bonds is 4. The lowest BCUT2D eigenvalue weighted by molar-refractivity contribution is -0.145. The van der Waals surface area contributed by atoms with Crippen molar-refractivity contribution in [3.63, 3.8) is 0 Å². The number of cyclic esters (lactones) is 1. The van der Waals surface area contributed by atoms with E-state index in [1.165, 1.54) is 23.5 Å². The number of carbonyl (C=O) groups excluding carboxylic acids is 1. The van der Waals surface area contributed by atoms with Crippen LogP contribution < -0.4 is 4.74 Å². The van der Waals surface area contributed by atoms with Crippen LogP contribution in [0.5, 0.6) is 5.06 Å². The van der Waals surface area contributed by atoms with Gasteiger partial charge >= 0.3 is 5.97 Å². The van der Waals surface area contributed by atoms with E-state index in [4.69, 9.17) is 9.47 Å². The van der Waals surface area contributed by atoms with Gasteiger partial charge in [0, 0.05) is 6.26 Å². The summed E-state index contributed by atoms with van der Waals surface area (Å²) >= 11 is 4.71. The highest BCUT2D eigenvalue weighted by Crippen LogP contribution is 2.41. The largest absolute Gasteiger partial charge is 0.449 e. The van der Waals surface area contributed by atoms with Crippen LogP contribution in [0.2, 0.25) is 0 Å². The fourth-order valence-corrected chi connectivity index (χ4v) is 4.43. The lowest BCUT2D eigenvalue weighted by Crippen LogP contribution is -2.22. The maximum Gasteiger partial charge on any atom is 0.375 e. The molecule has 25 heavy (non-hydrogen) atoms. The lowest BCUT2D eigenvalue weighted by Gasteiger charge is -2.21. The topological polar surface area (TPSA) is 69.7 Å². The van der Waals surface area contributed by atoms with Crippen molar-refractivity contribution in [2.75, 3.05) is 6.26 Å². The molecule has 1 aromatic heterocycles. The molecule has 0 aliphatic carbocycles. The van der Waals surface area contributed by atoms with Crippen LogP contribution in [0.25, 0.3) is 5.57 Å². The first-order chi connectivity index (χ1) is 11.6. The van der Waals surface area contributed by atoms with E-state index >= 15 is 0 Å². The Hall–Kier alpha value is -1.64. The van der Waals surface area contributed by atoms with E-state index in [1.807, 2.05) is 6.07 Å². The Morgan fingerprint density at radius 2 is 1.76 bits per heavy atom. The predicted octanol–water partition coefficient (Wildman–Crippen LogP) is 4.04. The zero-order valence-corrected chi connectivity index (χ0v) is 16.9. The van der Waals surface area contributed by atoms with E-state index in [-0.39, 0.29) is 10.7 Å². The van der Waals surface area contributed by atoms with E-state index < -0.39 is 21.4 Å². The molecule has 0 amide bonds. The Morgan fingerprint density at radius 1 is 1.12 bits per heavy atom. The van der Waals surface area contributed by atoms with Gasteiger partial charge in [-0.2, -0.15) is 0 Å². The lowest BCUT2D eigenvalue weighted by atomic mass is 9.92. The molecule has 2 aromatic rings. The van der Waals surface area contributed by atoms with Crippen LogP contribution in [-0.4, -0.2) is 26.2 Å². The molecule has 1 aliphatic rings. The molecule has 0 N–H and O–H groups in total. The second-order valence-electron chi connectivity index (χ2n) is 6.06. The number of sulfone groups is 1. The van der Waals surface area contributed by atoms with E-state index in [0.29, 0.717) is 16.2 Å². The SMILES string of the molecule is CC1(C)OC(=O)C(Oc2ccc(Br)s2)=C1c1ccc(S(C)(=O)=O)cc1. The first kappa shape index (κ1) is 18.2. The molecule has 8 heteroatoms. The third kappa shape index (κ3) is 3.65. The van der Waals surface area contributed by atoms with Gasteiger partial charge in [-0.25, -0.2) is 13.2 Å². The van der Waals surface area contributed by atoms with Crippen LogP contribution in [0.15, 0.2) is 50.8 Å². The summed E-state index contributed by atoms with van der Waals surface area (Å²) in [5, 5.41) is 0.557. The van der Waals surface area contributed by atoms with Gasteiger partial charge in [-0.3, -0.25) is 0 Å². The highest BCUT2D eigenvalue weighted by Gasteiger charge is 2.43. The zero-order chi connectivity index (χ0) is 18.4. The minimum Gasteiger partial charge on any atom is -0.449 e. The molecule has 2 heterocycles. The second kappa shape index (κ2) is 6.26. The van der Waals surface area contributed by atoms with Crippen molar-refractivity contribution in [1.29, 1.82) is 0 Å². The second-order valence-corrected chi connectivity index (χ2v) is 10.5. The van der Waals surface area contributed by atoms with Crippen LogP contribution in [0.3, 0.4) is 0 Å². The third-order valence-corrected chi connectivity index (χ3v) is 6.31. The highest BCUT2D eigenvalue weighted by atomic mass is 79.9. The summed E-state index contributed by atoms with van der Waals surface area (Å²) in [6, 6.07) is 9.91. The number of ether oxygens (including phenoxy) is 2. The Balaban J connectivity index is 2.08. The average Bonchev–Trinajstić information content (AvgIpc) is 2.99. The molecule has 1 aliphatic heterocycles. The van der Waals surface area contributed by atoms with Gasteiger partial charge < -0.3 is 9.47 Å². The van der Waals surface area contributed by atoms with Gasteiger partial charge in [-0.15, -0.1) is 0 Å². The fraction of sp³-hybridized carbons (Fsp3) is 0.235. The van der Waals surface area contributed by atoms with E-state index in [9.17, 15) is 13.2 Å². The Bertz CT molecular complexity index is 969. The van der Waals surface area contributed by atoms with Crippen LogP contribution in [0.4, 0.5) is 0 Å². The summed E-state index contributed by atoms with van der Waals surface area (Å²) in [4.78, 5) is 12.5. The number of benzene rings is 1. The van der Waals surface area contributed by atoms with Crippen molar-refractivity contribution in [3.05, 3.63) is 51.5 Å². The number of carbonyl (C=O) groups is 1. The summed E-state index contributed by atoms with van der Waals surface area (Å²) in [5.74, 6) is -0.428. The molecular formula is C17H15BrO5S2. The van der Waals surface area contributed by atoms with E-state index in [0.717, 1.165) is 10.0 Å². The molecule has 132 valence electrons. The molecule has 0 saturated heterocycles. The molecule has 0 bridgehead atoms. The van der Waals surface area contributed by atoms with Gasteiger partial charge in [0.05, 0.1) is 14.3 Å². The van der Waals surface area contributed by atoms with Crippen LogP contribution in [0.1, 0.15) is 19.4 Å². The van der Waals surface area contributed by atoms with Crippen molar-refractivity contribution in [1.82, 2.24) is 0 Å². The zero-order valence-electron chi connectivity index (χ0n) is 13.7. The Labute approximate surface area is 158 Å². The van der Waals surface area contributed by atoms with E-state index in [1.54, 1.807) is 32.0 Å². The molecule has 3 rings (SSSR count). The van der Waals surface area contributed by atoms with Gasteiger partial charge in [0.25, 0.3) is 0 Å². The minimum absolute atomic E-state index is 0.117. The predicted molar refractivity (Wildman–Crippen MR) is 99.3 cm³/mol. The highest BCUT2D eigenvalue weighted by molar-refractivity contribution is 9.11. The number of thiophene rings is 1. The maximum atomic E-state index is 12.3. The monoisotopic (exact) mass is 442 g/mol. The smallest absolute Gasteiger partial charge is 0.375 e. The van der Waals surface area contributed by atoms with Crippen molar-refractivity contribution in [3.8, 4) is 5.06 Å². The molecule has 0 atom stereocenters. The normalized spacial score (nSPS) is 16.9. The van der Waals surface area contributed by atoms with Crippen molar-refractivity contribution in [2.24, 2.45) is 0 Å². The first-order valence-electron chi connectivity index (χ1n) is 7.30. The molecule has 0 fully saturated rings. The molecule has 1 aromatic carbocycles. The van der Waals surface area contributed by atoms with Crippen molar-refractivity contribution < 1.29 is 22.7 Å². The number of halogens is 1. The number of hydrogen-bond donors (Lipinski definition) is 0. The summed E-state index contributed by atoms with van der Waals surface area (Å²) in [5.41, 5.74) is 0.379. The van der Waals surface area contributed by atoms with Gasteiger partial charge in [0.15, 0.2) is 14.9 Å². The Morgan fingerprint density at radius 3 is 2.28 bits per heavy atom. The maximum absolute atomic E-state index is 12.3. The molecule has 0 saturated carbocycles. The van der Waals surface area contributed by atoms with Crippen LogP contribution in [-0.2, 0) is 19.4 Å². The first-order valence-corrected chi connectivity index (χ1v) is 10.8. The fourth-order valence-electron chi connectivity index (χ4n) is 2.60. The summed E-state index contributed by atoms with van der Waals surface area (Å²) in [6.07, 6.45) is 1.15. The van der Waals surface area contributed by atoms with Gasteiger partial charge in [0.1, 0.15) is 5.60 Å². The van der Waals surface area contributed by atoms with Crippen molar-refractivity contribution >= 4 is 48.6 Å². The minimum atomic E-state index is -3.29. The summed E-state index contributed by atoms with van der Waals surface area (Å²) in [7, 11) is -3.29. The number of esters is 1. The van der Waals surface area contributed by atoms with E-state index in [2.05, 4.69) is 15.9 Å². The molecule has 5 nitrogen and oxygen atoms in total. The quantitative estimate of drug-likeness (QED) is 0.668. The van der Waals surface area contributed by atoms with Crippen LogP contribution >= 0.6 is 27.3 Å². The summed E-state index contributed by atoms with van der Waals surface area (Å²) < 4.78 is 35.4. The van der Waals surface area contributed by atoms with Gasteiger partial charge in [0.2, 0.25) is 5.76 Å². The number of hydrogen-bond acceptors (Lipinski definition) is 6. The molecule has 0 unspecified atom stereocenters. The standard InChI is InChI=1S/C17H15BrO5S2/c1-17(2)14(10-4-6-11(7-5-10)25(3,20)21)15(16(19)23-17)22-13-9-8-12(18)24-13/h4-9H,1-3H3.